The van der Waals surface area contributed by atoms with Crippen molar-refractivity contribution in [3.63, 3.8) is 0 Å². The Kier molecular flexibility index (Phi) is 5.73. The van der Waals surface area contributed by atoms with Gasteiger partial charge in [-0.2, -0.15) is 0 Å². The highest BCUT2D eigenvalue weighted by atomic mass is 16.5. The molecule has 0 aliphatic carbocycles. The second kappa shape index (κ2) is 7.20. The molecule has 0 saturated carbocycles. The summed E-state index contributed by atoms with van der Waals surface area (Å²) in [6.07, 6.45) is 3.59. The minimum absolute atomic E-state index is 0.0547. The van der Waals surface area contributed by atoms with E-state index in [9.17, 15) is 0 Å². The second-order valence-electron chi connectivity index (χ2n) is 3.19. The lowest BCUT2D eigenvalue weighted by molar-refractivity contribution is 0.184. The predicted octanol–water partition coefficient (Wildman–Crippen LogP) is 1.38. The molecule has 0 aromatic carbocycles. The molecule has 4 nitrogen and oxygen atoms in total. The summed E-state index contributed by atoms with van der Waals surface area (Å²) in [4.78, 5) is 3.97. The number of rotatable bonds is 7. The van der Waals surface area contributed by atoms with Crippen LogP contribution in [0.3, 0.4) is 0 Å². The van der Waals surface area contributed by atoms with Crippen LogP contribution < -0.4 is 4.74 Å². The fourth-order valence-corrected chi connectivity index (χ4v) is 1.17. The lowest BCUT2D eigenvalue weighted by atomic mass is 10.3. The van der Waals surface area contributed by atoms with Crippen LogP contribution in [0.2, 0.25) is 0 Å². The Labute approximate surface area is 89.9 Å². The van der Waals surface area contributed by atoms with Crippen LogP contribution in [0.15, 0.2) is 18.3 Å². The molecule has 1 aromatic rings. The van der Waals surface area contributed by atoms with Gasteiger partial charge in [0.15, 0.2) is 0 Å². The van der Waals surface area contributed by atoms with Crippen molar-refractivity contribution < 1.29 is 14.6 Å². The number of aliphatic hydroxyl groups is 1. The predicted molar refractivity (Wildman–Crippen MR) is 56.8 cm³/mol. The second-order valence-corrected chi connectivity index (χ2v) is 3.19. The van der Waals surface area contributed by atoms with Crippen LogP contribution in [-0.4, -0.2) is 30.4 Å². The Morgan fingerprint density at radius 2 is 2.13 bits per heavy atom. The summed E-state index contributed by atoms with van der Waals surface area (Å²) in [6.45, 7) is 1.38. The summed E-state index contributed by atoms with van der Waals surface area (Å²) in [5.41, 5.74) is 0.629. The molecule has 0 aliphatic heterocycles. The Hall–Kier alpha value is -1.13. The Balaban J connectivity index is 2.24. The third-order valence-electron chi connectivity index (χ3n) is 1.96. The Morgan fingerprint density at radius 1 is 1.33 bits per heavy atom. The molecule has 0 unspecified atom stereocenters. The molecule has 0 aliphatic rings. The topological polar surface area (TPSA) is 51.6 Å². The largest absolute Gasteiger partial charge is 0.493 e. The average Bonchev–Trinajstić information content (AvgIpc) is 2.29. The summed E-state index contributed by atoms with van der Waals surface area (Å²) >= 11 is 0. The van der Waals surface area contributed by atoms with Crippen LogP contribution in [0.1, 0.15) is 18.5 Å². The summed E-state index contributed by atoms with van der Waals surface area (Å²) in [5.74, 6) is 0.756. The first-order valence-corrected chi connectivity index (χ1v) is 5.04. The van der Waals surface area contributed by atoms with Gasteiger partial charge in [-0.15, -0.1) is 0 Å². The minimum Gasteiger partial charge on any atom is -0.493 e. The van der Waals surface area contributed by atoms with Crippen molar-refractivity contribution in [2.45, 2.75) is 19.4 Å². The molecular formula is C11H17NO3. The quantitative estimate of drug-likeness (QED) is 0.692. The molecule has 0 saturated heterocycles. The van der Waals surface area contributed by atoms with Gasteiger partial charge in [0.25, 0.3) is 0 Å². The molecule has 0 fully saturated rings. The first-order valence-electron chi connectivity index (χ1n) is 5.04. The standard InChI is InChI=1S/C11H17NO3/c1-14-6-2-3-7-15-11-4-5-12-10(8-11)9-13/h4-5,8,13H,2-3,6-7,9H2,1H3. The number of ether oxygens (including phenoxy) is 2. The van der Waals surface area contributed by atoms with Gasteiger partial charge in [0.1, 0.15) is 5.75 Å². The normalized spacial score (nSPS) is 10.3. The lowest BCUT2D eigenvalue weighted by Gasteiger charge is -2.06. The van der Waals surface area contributed by atoms with E-state index in [1.165, 1.54) is 0 Å². The fraction of sp³-hybridized carbons (Fsp3) is 0.545. The summed E-state index contributed by atoms with van der Waals surface area (Å²) in [5, 5.41) is 8.87. The van der Waals surface area contributed by atoms with Crippen molar-refractivity contribution in [1.82, 2.24) is 4.98 Å². The van der Waals surface area contributed by atoms with Crippen LogP contribution in [-0.2, 0) is 11.3 Å². The minimum atomic E-state index is -0.0547. The van der Waals surface area contributed by atoms with Crippen LogP contribution >= 0.6 is 0 Å². The average molecular weight is 211 g/mol. The first-order chi connectivity index (χ1) is 7.36. The number of nitrogens with zero attached hydrogens (tertiary/aromatic N) is 1. The van der Waals surface area contributed by atoms with Crippen molar-refractivity contribution in [1.29, 1.82) is 0 Å². The maximum Gasteiger partial charge on any atom is 0.122 e. The maximum atomic E-state index is 8.87. The maximum absolute atomic E-state index is 8.87. The van der Waals surface area contributed by atoms with Crippen LogP contribution in [0.4, 0.5) is 0 Å². The van der Waals surface area contributed by atoms with Gasteiger partial charge in [0.2, 0.25) is 0 Å². The van der Waals surface area contributed by atoms with Gasteiger partial charge in [-0.1, -0.05) is 0 Å². The Morgan fingerprint density at radius 3 is 2.87 bits per heavy atom. The molecule has 1 N–H and O–H groups in total. The zero-order chi connectivity index (χ0) is 10.9. The number of aliphatic hydroxyl groups excluding tert-OH is 1. The Bertz CT molecular complexity index is 278. The molecular weight excluding hydrogens is 194 g/mol. The van der Waals surface area contributed by atoms with Gasteiger partial charge in [-0.25, -0.2) is 0 Å². The van der Waals surface area contributed by atoms with Crippen LogP contribution in [0, 0.1) is 0 Å². The van der Waals surface area contributed by atoms with Crippen molar-refractivity contribution in [2.24, 2.45) is 0 Å². The monoisotopic (exact) mass is 211 g/mol. The molecule has 0 amide bonds. The molecule has 15 heavy (non-hydrogen) atoms. The van der Waals surface area contributed by atoms with E-state index in [-0.39, 0.29) is 6.61 Å². The molecule has 0 atom stereocenters. The van der Waals surface area contributed by atoms with E-state index in [4.69, 9.17) is 14.6 Å². The van der Waals surface area contributed by atoms with Crippen molar-refractivity contribution in [3.8, 4) is 5.75 Å². The molecule has 1 aromatic heterocycles. The third-order valence-corrected chi connectivity index (χ3v) is 1.96. The zero-order valence-electron chi connectivity index (χ0n) is 8.98. The number of aromatic nitrogens is 1. The van der Waals surface area contributed by atoms with Gasteiger partial charge < -0.3 is 14.6 Å². The summed E-state index contributed by atoms with van der Waals surface area (Å²) < 4.78 is 10.4. The van der Waals surface area contributed by atoms with E-state index in [1.807, 2.05) is 0 Å². The number of hydrogen-bond donors (Lipinski definition) is 1. The van der Waals surface area contributed by atoms with E-state index in [0.29, 0.717) is 12.3 Å². The molecule has 4 heteroatoms. The number of methoxy groups -OCH3 is 1. The van der Waals surface area contributed by atoms with Gasteiger partial charge in [-0.3, -0.25) is 4.98 Å². The van der Waals surface area contributed by atoms with Gasteiger partial charge in [0, 0.05) is 26.0 Å². The summed E-state index contributed by atoms with van der Waals surface area (Å²) in [6, 6.07) is 3.53. The molecule has 84 valence electrons. The lowest BCUT2D eigenvalue weighted by Crippen LogP contribution is -2.00. The highest BCUT2D eigenvalue weighted by molar-refractivity contribution is 5.22. The van der Waals surface area contributed by atoms with Gasteiger partial charge in [0.05, 0.1) is 18.9 Å². The van der Waals surface area contributed by atoms with E-state index in [2.05, 4.69) is 4.98 Å². The zero-order valence-corrected chi connectivity index (χ0v) is 8.98. The molecule has 0 spiro atoms. The van der Waals surface area contributed by atoms with Crippen LogP contribution in [0.5, 0.6) is 5.75 Å². The SMILES string of the molecule is COCCCCOc1ccnc(CO)c1. The third kappa shape index (κ3) is 4.76. The smallest absolute Gasteiger partial charge is 0.122 e. The number of pyridine rings is 1. The van der Waals surface area contributed by atoms with E-state index >= 15 is 0 Å². The van der Waals surface area contributed by atoms with Crippen LogP contribution in [0.25, 0.3) is 0 Å². The van der Waals surface area contributed by atoms with Crippen molar-refractivity contribution in [2.75, 3.05) is 20.3 Å². The molecule has 0 radical (unpaired) electrons. The van der Waals surface area contributed by atoms with Crippen molar-refractivity contribution in [3.05, 3.63) is 24.0 Å². The fourth-order valence-electron chi connectivity index (χ4n) is 1.17. The highest BCUT2D eigenvalue weighted by Gasteiger charge is 1.96. The van der Waals surface area contributed by atoms with E-state index < -0.39 is 0 Å². The van der Waals surface area contributed by atoms with E-state index in [1.54, 1.807) is 25.4 Å². The number of hydrogen-bond acceptors (Lipinski definition) is 4. The molecule has 1 rings (SSSR count). The summed E-state index contributed by atoms with van der Waals surface area (Å²) in [7, 11) is 1.69. The number of unbranched alkanes of at least 4 members (excludes halogenated alkanes) is 1. The molecule has 0 bridgehead atoms. The first kappa shape index (κ1) is 11.9. The molecule has 1 heterocycles. The van der Waals surface area contributed by atoms with Gasteiger partial charge >= 0.3 is 0 Å². The van der Waals surface area contributed by atoms with Crippen molar-refractivity contribution >= 4 is 0 Å². The van der Waals surface area contributed by atoms with E-state index in [0.717, 1.165) is 25.2 Å². The van der Waals surface area contributed by atoms with Gasteiger partial charge in [-0.05, 0) is 18.9 Å². The highest BCUT2D eigenvalue weighted by Crippen LogP contribution is 2.11.